The van der Waals surface area contributed by atoms with Gasteiger partial charge < -0.3 is 10.6 Å². The fraction of sp³-hybridized carbons (Fsp3) is 0.350. The van der Waals surface area contributed by atoms with Crippen molar-refractivity contribution in [1.82, 2.24) is 24.9 Å². The third kappa shape index (κ3) is 5.65. The van der Waals surface area contributed by atoms with E-state index in [1.54, 1.807) is 6.20 Å². The van der Waals surface area contributed by atoms with Crippen LogP contribution in [-0.4, -0.2) is 31.2 Å². The van der Waals surface area contributed by atoms with Gasteiger partial charge in [0.25, 0.3) is 0 Å². The second kappa shape index (κ2) is 8.81. The first-order valence-corrected chi connectivity index (χ1v) is 9.54. The SMILES string of the molecule is Cc1cccc(Cn2cc(NC(=S)NCCCn3nc(C)cc3C)cn2)c1. The Bertz CT molecular complexity index is 911. The summed E-state index contributed by atoms with van der Waals surface area (Å²) in [5.74, 6) is 0. The lowest BCUT2D eigenvalue weighted by Crippen LogP contribution is -2.29. The van der Waals surface area contributed by atoms with Gasteiger partial charge in [0.2, 0.25) is 0 Å². The molecule has 2 N–H and O–H groups in total. The van der Waals surface area contributed by atoms with E-state index in [-0.39, 0.29) is 0 Å². The third-order valence-electron chi connectivity index (χ3n) is 4.25. The van der Waals surface area contributed by atoms with Gasteiger partial charge in [-0.1, -0.05) is 29.8 Å². The van der Waals surface area contributed by atoms with Crippen LogP contribution in [0.1, 0.15) is 28.9 Å². The van der Waals surface area contributed by atoms with Crippen LogP contribution in [0.3, 0.4) is 0 Å². The van der Waals surface area contributed by atoms with E-state index < -0.39 is 0 Å². The second-order valence-electron chi connectivity index (χ2n) is 6.80. The Kier molecular flexibility index (Phi) is 6.24. The van der Waals surface area contributed by atoms with Crippen molar-refractivity contribution < 1.29 is 0 Å². The molecule has 0 amide bonds. The number of benzene rings is 1. The predicted octanol–water partition coefficient (Wildman–Crippen LogP) is 3.43. The van der Waals surface area contributed by atoms with Crippen molar-refractivity contribution in [3.05, 3.63) is 65.2 Å². The molecule has 3 rings (SSSR count). The maximum absolute atomic E-state index is 5.37. The van der Waals surface area contributed by atoms with Crippen molar-refractivity contribution in [2.75, 3.05) is 11.9 Å². The molecule has 0 aliphatic rings. The normalized spacial score (nSPS) is 10.8. The average molecular weight is 383 g/mol. The van der Waals surface area contributed by atoms with Gasteiger partial charge in [0.05, 0.1) is 24.1 Å². The first-order chi connectivity index (χ1) is 13.0. The molecule has 2 aromatic heterocycles. The summed E-state index contributed by atoms with van der Waals surface area (Å²) in [7, 11) is 0. The molecule has 0 spiro atoms. The van der Waals surface area contributed by atoms with Crippen LogP contribution in [0.5, 0.6) is 0 Å². The Morgan fingerprint density at radius 1 is 1.19 bits per heavy atom. The maximum Gasteiger partial charge on any atom is 0.170 e. The number of anilines is 1. The molecule has 0 atom stereocenters. The Balaban J connectivity index is 1.42. The number of aromatic nitrogens is 4. The highest BCUT2D eigenvalue weighted by molar-refractivity contribution is 7.80. The largest absolute Gasteiger partial charge is 0.362 e. The zero-order valence-corrected chi connectivity index (χ0v) is 16.9. The number of nitrogens with one attached hydrogen (secondary N) is 2. The molecule has 3 aromatic rings. The molecule has 0 unspecified atom stereocenters. The van der Waals surface area contributed by atoms with Crippen LogP contribution in [0.15, 0.2) is 42.7 Å². The number of nitrogens with zero attached hydrogens (tertiary/aromatic N) is 4. The van der Waals surface area contributed by atoms with Gasteiger partial charge in [-0.25, -0.2) is 0 Å². The Hall–Kier alpha value is -2.67. The Morgan fingerprint density at radius 3 is 2.78 bits per heavy atom. The van der Waals surface area contributed by atoms with Crippen LogP contribution in [-0.2, 0) is 13.1 Å². The predicted molar refractivity (Wildman–Crippen MR) is 113 cm³/mol. The molecule has 0 bridgehead atoms. The Morgan fingerprint density at radius 2 is 2.04 bits per heavy atom. The minimum Gasteiger partial charge on any atom is -0.362 e. The van der Waals surface area contributed by atoms with E-state index in [9.17, 15) is 0 Å². The van der Waals surface area contributed by atoms with Crippen LogP contribution in [0.25, 0.3) is 0 Å². The monoisotopic (exact) mass is 382 g/mol. The standard InChI is InChI=1S/C20H26N6S/c1-15-6-4-7-18(10-15)13-25-14-19(12-22-25)23-20(27)21-8-5-9-26-17(3)11-16(2)24-26/h4,6-7,10-12,14H,5,8-9,13H2,1-3H3,(H2,21,23,27). The van der Waals surface area contributed by atoms with Crippen LogP contribution in [0.4, 0.5) is 5.69 Å². The molecule has 1 aromatic carbocycles. The summed E-state index contributed by atoms with van der Waals surface area (Å²) in [6, 6.07) is 10.5. The first-order valence-electron chi connectivity index (χ1n) is 9.13. The van der Waals surface area contributed by atoms with Crippen LogP contribution < -0.4 is 10.6 Å². The van der Waals surface area contributed by atoms with E-state index in [2.05, 4.69) is 65.0 Å². The minimum absolute atomic E-state index is 0.610. The third-order valence-corrected chi connectivity index (χ3v) is 4.50. The molecule has 0 radical (unpaired) electrons. The zero-order chi connectivity index (χ0) is 19.2. The molecule has 6 nitrogen and oxygen atoms in total. The van der Waals surface area contributed by atoms with E-state index in [4.69, 9.17) is 12.2 Å². The number of hydrogen-bond acceptors (Lipinski definition) is 3. The van der Waals surface area contributed by atoms with E-state index in [0.29, 0.717) is 5.11 Å². The summed E-state index contributed by atoms with van der Waals surface area (Å²) in [6.07, 6.45) is 4.71. The van der Waals surface area contributed by atoms with Gasteiger partial charge in [-0.05, 0) is 51.0 Å². The van der Waals surface area contributed by atoms with Crippen molar-refractivity contribution in [3.8, 4) is 0 Å². The average Bonchev–Trinajstić information content (AvgIpc) is 3.17. The maximum atomic E-state index is 5.37. The minimum atomic E-state index is 0.610. The van der Waals surface area contributed by atoms with Gasteiger partial charge in [0, 0.05) is 25.0 Å². The summed E-state index contributed by atoms with van der Waals surface area (Å²) in [6.45, 7) is 8.60. The molecule has 0 saturated carbocycles. The highest BCUT2D eigenvalue weighted by atomic mass is 32.1. The number of thiocarbonyl (C=S) groups is 1. The molecule has 27 heavy (non-hydrogen) atoms. The molecule has 0 aliphatic heterocycles. The topological polar surface area (TPSA) is 59.7 Å². The van der Waals surface area contributed by atoms with Crippen LogP contribution in [0.2, 0.25) is 0 Å². The summed E-state index contributed by atoms with van der Waals surface area (Å²) >= 11 is 5.37. The summed E-state index contributed by atoms with van der Waals surface area (Å²) < 4.78 is 3.94. The number of hydrogen-bond donors (Lipinski definition) is 2. The lowest BCUT2D eigenvalue weighted by atomic mass is 10.1. The molecule has 0 fully saturated rings. The highest BCUT2D eigenvalue weighted by Crippen LogP contribution is 2.09. The van der Waals surface area contributed by atoms with Crippen molar-refractivity contribution in [2.45, 2.75) is 40.3 Å². The Labute approximate surface area is 165 Å². The van der Waals surface area contributed by atoms with E-state index in [1.807, 2.05) is 22.5 Å². The fourth-order valence-electron chi connectivity index (χ4n) is 3.02. The zero-order valence-electron chi connectivity index (χ0n) is 16.1. The van der Waals surface area contributed by atoms with Crippen molar-refractivity contribution in [1.29, 1.82) is 0 Å². The van der Waals surface area contributed by atoms with Crippen molar-refractivity contribution in [3.63, 3.8) is 0 Å². The molecule has 2 heterocycles. The molecule has 7 heteroatoms. The van der Waals surface area contributed by atoms with Crippen molar-refractivity contribution in [2.24, 2.45) is 0 Å². The van der Waals surface area contributed by atoms with Gasteiger partial charge in [0.15, 0.2) is 5.11 Å². The van der Waals surface area contributed by atoms with Gasteiger partial charge >= 0.3 is 0 Å². The summed E-state index contributed by atoms with van der Waals surface area (Å²) in [5.41, 5.74) is 5.62. The second-order valence-corrected chi connectivity index (χ2v) is 7.21. The molecular weight excluding hydrogens is 356 g/mol. The number of aryl methyl sites for hydroxylation is 4. The lowest BCUT2D eigenvalue weighted by molar-refractivity contribution is 0.558. The van der Waals surface area contributed by atoms with Gasteiger partial charge in [0.1, 0.15) is 0 Å². The van der Waals surface area contributed by atoms with Crippen molar-refractivity contribution >= 4 is 23.0 Å². The molecular formula is C20H26N6S. The van der Waals surface area contributed by atoms with E-state index >= 15 is 0 Å². The molecule has 142 valence electrons. The van der Waals surface area contributed by atoms with E-state index in [0.717, 1.165) is 37.4 Å². The lowest BCUT2D eigenvalue weighted by Gasteiger charge is -2.09. The molecule has 0 aliphatic carbocycles. The van der Waals surface area contributed by atoms with E-state index in [1.165, 1.54) is 16.8 Å². The van der Waals surface area contributed by atoms with Gasteiger partial charge in [-0.3, -0.25) is 9.36 Å². The summed E-state index contributed by atoms with van der Waals surface area (Å²) in [5, 5.41) is 15.9. The van der Waals surface area contributed by atoms with Crippen LogP contribution in [0, 0.1) is 20.8 Å². The summed E-state index contributed by atoms with van der Waals surface area (Å²) in [4.78, 5) is 0. The fourth-order valence-corrected chi connectivity index (χ4v) is 3.24. The number of rotatable bonds is 7. The first kappa shape index (κ1) is 19.1. The smallest absolute Gasteiger partial charge is 0.170 e. The van der Waals surface area contributed by atoms with Gasteiger partial charge in [-0.15, -0.1) is 0 Å². The van der Waals surface area contributed by atoms with Crippen LogP contribution >= 0.6 is 12.2 Å². The quantitative estimate of drug-likeness (QED) is 0.484. The van der Waals surface area contributed by atoms with Gasteiger partial charge in [-0.2, -0.15) is 10.2 Å². The molecule has 0 saturated heterocycles. The highest BCUT2D eigenvalue weighted by Gasteiger charge is 2.03.